The van der Waals surface area contributed by atoms with Gasteiger partial charge < -0.3 is 9.97 Å². The Morgan fingerprint density at radius 2 is 0.571 bits per heavy atom. The molecule has 0 N–H and O–H groups in total. The van der Waals surface area contributed by atoms with Crippen LogP contribution in [0.25, 0.3) is 66.6 Å². The molecular weight excluding hydrogens is 650 g/mol. The zero-order valence-electron chi connectivity index (χ0n) is 27.2. The molecular formula is C44H32N4Zn. The van der Waals surface area contributed by atoms with Crippen LogP contribution in [0.1, 0.15) is 22.8 Å². The predicted octanol–water partition coefficient (Wildman–Crippen LogP) is 9.81. The maximum atomic E-state index is 5.45. The van der Waals surface area contributed by atoms with E-state index in [0.717, 1.165) is 115 Å². The minimum absolute atomic E-state index is 0. The molecule has 5 heterocycles. The molecule has 230 valence electrons. The maximum absolute atomic E-state index is 5.45. The second-order valence-electron chi connectivity index (χ2n) is 12.4. The molecule has 5 heteroatoms. The molecule has 4 nitrogen and oxygen atoms in total. The second-order valence-corrected chi connectivity index (χ2v) is 12.4. The van der Waals surface area contributed by atoms with Gasteiger partial charge in [-0.1, -0.05) is 146 Å². The molecule has 8 bridgehead atoms. The Labute approximate surface area is 298 Å². The Morgan fingerprint density at radius 1 is 0.306 bits per heavy atom. The number of benzene rings is 4. The predicted molar refractivity (Wildman–Crippen MR) is 195 cm³/mol. The molecule has 7 aromatic rings. The van der Waals surface area contributed by atoms with Crippen molar-refractivity contribution in [3.05, 3.63) is 168 Å². The van der Waals surface area contributed by atoms with Crippen molar-refractivity contribution in [2.75, 3.05) is 0 Å². The third kappa shape index (κ3) is 5.75. The van der Waals surface area contributed by atoms with Crippen molar-refractivity contribution in [2.45, 2.75) is 25.7 Å². The molecule has 0 fully saturated rings. The quantitative estimate of drug-likeness (QED) is 0.174. The van der Waals surface area contributed by atoms with Gasteiger partial charge in [0.25, 0.3) is 0 Å². The summed E-state index contributed by atoms with van der Waals surface area (Å²) in [6.07, 6.45) is 3.38. The molecule has 0 spiro atoms. The first-order valence-corrected chi connectivity index (χ1v) is 16.7. The van der Waals surface area contributed by atoms with Crippen LogP contribution in [0, 0.1) is 0 Å². The van der Waals surface area contributed by atoms with Gasteiger partial charge in [0.15, 0.2) is 0 Å². The van der Waals surface area contributed by atoms with E-state index < -0.39 is 0 Å². The Balaban J connectivity index is 0.00000348. The number of aromatic nitrogens is 4. The van der Waals surface area contributed by atoms with Crippen LogP contribution in [-0.2, 0) is 45.2 Å². The molecule has 0 saturated carbocycles. The van der Waals surface area contributed by atoms with Crippen LogP contribution in [0.2, 0.25) is 0 Å². The number of rotatable bonds is 4. The Bertz CT molecular complexity index is 2300. The summed E-state index contributed by atoms with van der Waals surface area (Å²) < 4.78 is 0. The first-order valence-electron chi connectivity index (χ1n) is 16.7. The summed E-state index contributed by atoms with van der Waals surface area (Å²) in [5.74, 6) is 0. The molecule has 0 unspecified atom stereocenters. The number of hydrogen-bond donors (Lipinski definition) is 0. The van der Waals surface area contributed by atoms with Gasteiger partial charge in [-0.2, -0.15) is 0 Å². The summed E-state index contributed by atoms with van der Waals surface area (Å²) in [5, 5.41) is 0. The SMILES string of the molecule is [Zn+2].c1ccc(-c2c3nc(c(-c4ccccc4)c4ccc([n-]4)c(-c4ccccc4)c4ccc([n-]4)c(-c4ccccc4)c4nc2CC4)CC3)cc1. The van der Waals surface area contributed by atoms with Gasteiger partial charge in [-0.05, 0) is 64.6 Å². The Morgan fingerprint density at radius 3 is 0.918 bits per heavy atom. The molecule has 0 aliphatic carbocycles. The van der Waals surface area contributed by atoms with Crippen LogP contribution >= 0.6 is 0 Å². The first-order chi connectivity index (χ1) is 23.8. The average Bonchev–Trinajstić information content (AvgIpc) is 3.98. The van der Waals surface area contributed by atoms with Crippen molar-refractivity contribution in [3.63, 3.8) is 0 Å². The summed E-state index contributed by atoms with van der Waals surface area (Å²) in [6.45, 7) is 0. The smallest absolute Gasteiger partial charge is 0.657 e. The van der Waals surface area contributed by atoms with E-state index in [4.69, 9.17) is 19.9 Å². The van der Waals surface area contributed by atoms with E-state index in [-0.39, 0.29) is 19.5 Å². The zero-order chi connectivity index (χ0) is 31.9. The fourth-order valence-corrected chi connectivity index (χ4v) is 7.30. The summed E-state index contributed by atoms with van der Waals surface area (Å²) in [6, 6.07) is 50.9. The summed E-state index contributed by atoms with van der Waals surface area (Å²) in [5.41, 5.74) is 16.8. The van der Waals surface area contributed by atoms with Crippen molar-refractivity contribution < 1.29 is 19.5 Å². The maximum Gasteiger partial charge on any atom is 2.00 e. The number of nitrogens with zero attached hydrogens (tertiary/aromatic N) is 4. The monoisotopic (exact) mass is 680 g/mol. The van der Waals surface area contributed by atoms with Crippen molar-refractivity contribution in [1.29, 1.82) is 0 Å². The van der Waals surface area contributed by atoms with E-state index in [2.05, 4.69) is 146 Å². The molecule has 0 atom stereocenters. The third-order valence-corrected chi connectivity index (χ3v) is 9.45. The number of aryl methyl sites for hydroxylation is 4. The summed E-state index contributed by atoms with van der Waals surface area (Å²) in [4.78, 5) is 21.6. The molecule has 0 amide bonds. The van der Waals surface area contributed by atoms with Crippen LogP contribution in [-0.4, -0.2) is 9.97 Å². The molecule has 9 rings (SSSR count). The molecule has 49 heavy (non-hydrogen) atoms. The van der Waals surface area contributed by atoms with E-state index in [0.29, 0.717) is 0 Å². The Kier molecular flexibility index (Phi) is 8.37. The van der Waals surface area contributed by atoms with Gasteiger partial charge in [-0.3, -0.25) is 9.97 Å². The van der Waals surface area contributed by atoms with Crippen LogP contribution in [0.15, 0.2) is 146 Å². The van der Waals surface area contributed by atoms with Gasteiger partial charge in [0, 0.05) is 17.0 Å². The summed E-state index contributed by atoms with van der Waals surface area (Å²) in [7, 11) is 0. The van der Waals surface area contributed by atoms with Crippen molar-refractivity contribution in [3.8, 4) is 44.5 Å². The molecule has 2 aliphatic heterocycles. The normalized spacial score (nSPS) is 12.4. The molecule has 3 aromatic heterocycles. The fraction of sp³-hybridized carbons (Fsp3) is 0.0909. The fourth-order valence-electron chi connectivity index (χ4n) is 7.30. The van der Waals surface area contributed by atoms with E-state index in [1.165, 1.54) is 0 Å². The standard InChI is InChI=1S/C44H32N4.Zn/c1-5-13-29(14-6-1)41-33-21-23-35(45-33)42(30-15-7-2-8-16-30)37-25-27-39(47-37)44(32-19-11-4-12-20-32)40-28-26-38(48-40)43(31-17-9-3-10-18-31)36-24-22-34(41)46-36;/h1-24H,25-28H2;/q-2;+2. The Hall–Kier alpha value is -5.38. The van der Waals surface area contributed by atoms with Gasteiger partial charge in [0.1, 0.15) is 0 Å². The van der Waals surface area contributed by atoms with Gasteiger partial charge in [-0.25, -0.2) is 0 Å². The van der Waals surface area contributed by atoms with Crippen molar-refractivity contribution in [2.24, 2.45) is 0 Å². The van der Waals surface area contributed by atoms with E-state index in [1.54, 1.807) is 0 Å². The third-order valence-electron chi connectivity index (χ3n) is 9.45. The molecule has 2 aliphatic rings. The molecule has 0 radical (unpaired) electrons. The average molecular weight is 682 g/mol. The number of fused-ring (bicyclic) bond motifs is 8. The van der Waals surface area contributed by atoms with Crippen LogP contribution in [0.3, 0.4) is 0 Å². The first kappa shape index (κ1) is 30.9. The molecule has 0 saturated heterocycles. The van der Waals surface area contributed by atoms with E-state index in [9.17, 15) is 0 Å². The van der Waals surface area contributed by atoms with E-state index in [1.807, 2.05) is 0 Å². The molecule has 4 aromatic carbocycles. The van der Waals surface area contributed by atoms with Gasteiger partial charge >= 0.3 is 19.5 Å². The van der Waals surface area contributed by atoms with E-state index >= 15 is 0 Å². The number of hydrogen-bond acceptors (Lipinski definition) is 2. The van der Waals surface area contributed by atoms with Crippen LogP contribution < -0.4 is 9.97 Å². The minimum atomic E-state index is 0. The minimum Gasteiger partial charge on any atom is -0.657 e. The zero-order valence-corrected chi connectivity index (χ0v) is 30.1. The summed E-state index contributed by atoms with van der Waals surface area (Å²) >= 11 is 0. The largest absolute Gasteiger partial charge is 2.00 e. The van der Waals surface area contributed by atoms with Gasteiger partial charge in [0.2, 0.25) is 0 Å². The van der Waals surface area contributed by atoms with Crippen LogP contribution in [0.5, 0.6) is 0 Å². The van der Waals surface area contributed by atoms with Gasteiger partial charge in [0.05, 0.1) is 11.4 Å². The van der Waals surface area contributed by atoms with Gasteiger partial charge in [-0.15, -0.1) is 22.1 Å². The van der Waals surface area contributed by atoms with Crippen molar-refractivity contribution in [1.82, 2.24) is 19.9 Å². The second kappa shape index (κ2) is 13.3. The van der Waals surface area contributed by atoms with Crippen molar-refractivity contribution >= 4 is 22.1 Å². The van der Waals surface area contributed by atoms with Crippen LogP contribution in [0.4, 0.5) is 0 Å². The topological polar surface area (TPSA) is 54.0 Å².